The summed E-state index contributed by atoms with van der Waals surface area (Å²) < 4.78 is 91.5. The highest BCUT2D eigenvalue weighted by molar-refractivity contribution is 7.89. The van der Waals surface area contributed by atoms with Gasteiger partial charge >= 0.3 is 5.97 Å². The fraction of sp³-hybridized carbons (Fsp3) is 0.750. The molecule has 9 rings (SSSR count). The molecule has 8 heterocycles. The minimum Gasteiger partial charge on any atom is -0.459 e. The van der Waals surface area contributed by atoms with Crippen molar-refractivity contribution >= 4 is 16.0 Å². The van der Waals surface area contributed by atoms with Gasteiger partial charge in [0, 0.05) is 95.1 Å². The molecule has 0 radical (unpaired) electrons. The highest BCUT2D eigenvalue weighted by Gasteiger charge is 2.52. The van der Waals surface area contributed by atoms with Crippen LogP contribution in [0.5, 0.6) is 0 Å². The second-order valence-electron chi connectivity index (χ2n) is 23.5. The minimum absolute atomic E-state index is 0.00591. The molecule has 3 aromatic rings. The average molecular weight is 1130 g/mol. The van der Waals surface area contributed by atoms with E-state index in [2.05, 4.69) is 19.9 Å². The van der Waals surface area contributed by atoms with Gasteiger partial charge < -0.3 is 63.4 Å². The predicted molar refractivity (Wildman–Crippen MR) is 289 cm³/mol. The Kier molecular flexibility index (Phi) is 20.6. The summed E-state index contributed by atoms with van der Waals surface area (Å²) in [6.45, 7) is 15.3. The van der Waals surface area contributed by atoms with Crippen molar-refractivity contribution in [1.29, 1.82) is 0 Å². The van der Waals surface area contributed by atoms with Gasteiger partial charge in [-0.05, 0) is 111 Å². The third kappa shape index (κ3) is 14.2. The number of fused-ring (bicyclic) bond motifs is 2. The zero-order valence-electron chi connectivity index (χ0n) is 48.3. The maximum Gasteiger partial charge on any atom is 0.311 e. The number of hydrogen-bond acceptors (Lipinski definition) is 19. The number of alkyl halides is 1. The Hall–Kier alpha value is -3.66. The smallest absolute Gasteiger partial charge is 0.311 e. The molecule has 10 bridgehead atoms. The third-order valence-electron chi connectivity index (χ3n) is 17.5. The Bertz CT molecular complexity index is 2560. The maximum atomic E-state index is 15.0. The number of ether oxygens (including phenoxy) is 7. The average Bonchev–Trinajstić information content (AvgIpc) is 3.98. The Morgan fingerprint density at radius 1 is 0.924 bits per heavy atom. The van der Waals surface area contributed by atoms with Crippen LogP contribution in [-0.2, 0) is 60.9 Å². The Morgan fingerprint density at radius 2 is 1.63 bits per heavy atom. The second kappa shape index (κ2) is 25.9. The van der Waals surface area contributed by atoms with Crippen molar-refractivity contribution in [2.45, 2.75) is 215 Å². The van der Waals surface area contributed by atoms with Gasteiger partial charge in [0.05, 0.1) is 52.1 Å². The van der Waals surface area contributed by atoms with Gasteiger partial charge in [0.2, 0.25) is 10.0 Å². The fourth-order valence-electron chi connectivity index (χ4n) is 12.2. The summed E-state index contributed by atoms with van der Waals surface area (Å²) >= 11 is 0. The number of halogens is 1. The largest absolute Gasteiger partial charge is 0.459 e. The Morgan fingerprint density at radius 3 is 2.27 bits per heavy atom. The molecule has 3 saturated heterocycles. The SMILES string of the molecule is CC[C@H]1OC(=O)[C@H](C)[C@@H](O[C@H]2C[C@@](C)(OC)[C@@H](O)[C@H](C)O2)[C@H](C)[C@H]2O[C@H]3C[C@H](C[C@@H](C)O3)N(C)CCc3cn(nn3)[C@H](CF)[C@H](OC)c3ccc(cc3)S(=O)(=O)NCc3ccc(nc3)[C@@H](CN(C)[C@H](C)[C@@H](O)[C@]1(C)O)C[C@@]2(C)O. The van der Waals surface area contributed by atoms with Crippen LogP contribution in [0.1, 0.15) is 135 Å². The summed E-state index contributed by atoms with van der Waals surface area (Å²) in [5.74, 6) is -3.30. The molecule has 6 aliphatic heterocycles. The third-order valence-corrected chi connectivity index (χ3v) is 18.9. The van der Waals surface area contributed by atoms with E-state index in [4.69, 9.17) is 38.1 Å². The van der Waals surface area contributed by atoms with Crippen molar-refractivity contribution < 1.29 is 71.2 Å². The van der Waals surface area contributed by atoms with Crippen molar-refractivity contribution in [3.63, 3.8) is 0 Å². The Balaban J connectivity index is 1.34. The molecule has 0 saturated carbocycles. The van der Waals surface area contributed by atoms with Crippen LogP contribution >= 0.6 is 0 Å². The molecule has 5 N–H and O–H groups in total. The quantitative estimate of drug-likeness (QED) is 0.215. The zero-order valence-corrected chi connectivity index (χ0v) is 49.1. The molecule has 444 valence electrons. The first-order chi connectivity index (χ1) is 37.2. The van der Waals surface area contributed by atoms with E-state index >= 15 is 0 Å². The van der Waals surface area contributed by atoms with Gasteiger partial charge in [-0.1, -0.05) is 37.3 Å². The molecule has 1 aromatic carbocycles. The van der Waals surface area contributed by atoms with E-state index in [1.54, 1.807) is 85.2 Å². The van der Waals surface area contributed by atoms with Crippen LogP contribution in [-0.4, -0.2) is 197 Å². The van der Waals surface area contributed by atoms with Gasteiger partial charge in [-0.3, -0.25) is 9.78 Å². The lowest BCUT2D eigenvalue weighted by atomic mass is 9.76. The monoisotopic (exact) mass is 1130 g/mol. The van der Waals surface area contributed by atoms with E-state index in [1.807, 2.05) is 25.8 Å². The maximum absolute atomic E-state index is 15.0. The number of esters is 1. The molecule has 6 aliphatic rings. The van der Waals surface area contributed by atoms with E-state index < -0.39 is 125 Å². The van der Waals surface area contributed by atoms with Gasteiger partial charge in [-0.2, -0.15) is 0 Å². The van der Waals surface area contributed by atoms with Crippen LogP contribution in [0, 0.1) is 11.8 Å². The molecule has 21 nitrogen and oxygen atoms in total. The molecule has 0 unspecified atom stereocenters. The van der Waals surface area contributed by atoms with Crippen LogP contribution in [0.15, 0.2) is 53.7 Å². The summed E-state index contributed by atoms with van der Waals surface area (Å²) in [6, 6.07) is 7.88. The first kappa shape index (κ1) is 62.9. The van der Waals surface area contributed by atoms with Crippen molar-refractivity contribution in [3.8, 4) is 0 Å². The number of sulfonamides is 1. The van der Waals surface area contributed by atoms with Crippen molar-refractivity contribution in [2.75, 3.05) is 48.1 Å². The van der Waals surface area contributed by atoms with Gasteiger partial charge in [0.25, 0.3) is 0 Å². The Labute approximate surface area is 465 Å². The molecule has 19 atom stereocenters. The van der Waals surface area contributed by atoms with E-state index in [0.29, 0.717) is 48.3 Å². The molecule has 3 fully saturated rings. The molecule has 2 aromatic heterocycles. The van der Waals surface area contributed by atoms with Gasteiger partial charge in [-0.25, -0.2) is 22.2 Å². The molecule has 0 aliphatic carbocycles. The van der Waals surface area contributed by atoms with Gasteiger partial charge in [0.15, 0.2) is 12.6 Å². The minimum atomic E-state index is -4.06. The number of cyclic esters (lactones) is 1. The summed E-state index contributed by atoms with van der Waals surface area (Å²) in [5, 5.41) is 57.6. The molecule has 23 heteroatoms. The number of carbonyl (C=O) groups is 1. The number of aliphatic hydroxyl groups excluding tert-OH is 2. The summed E-state index contributed by atoms with van der Waals surface area (Å²) in [4.78, 5) is 23.7. The standard InChI is InChI=1S/C56H88FN7O14S/c1-14-45-56(9,69)50(65)35(5)63(11)30-39-25-54(7,68)52(33(3)48(34(4)53(67)76-45)77-47-26-55(8,73-13)51(66)36(6)75-47)78-46-24-41(23-32(2)74-46)62(10)22-21-40-31-64(61-60-40)44(27-57)49(72-12)38-16-18-42(19-17-38)79(70,71)59-29-37-15-20-43(39)58-28-37/h15-20,28,31-36,39,41,44-52,59,65-66,68-69H,14,21-27,29-30H2,1-13H3/t32-,33+,34-,35-,36+,39-,41+,44-,45-,46+,47+,48+,49-,50-,51+,52-,54-,55-,56-/m1/s1. The van der Waals surface area contributed by atoms with Crippen molar-refractivity contribution in [3.05, 3.63) is 71.3 Å². The number of pyridine rings is 1. The van der Waals surface area contributed by atoms with E-state index in [1.165, 1.54) is 38.0 Å². The lowest BCUT2D eigenvalue weighted by Crippen LogP contribution is -2.59. The number of methoxy groups -OCH3 is 2. The molecule has 0 spiro atoms. The predicted octanol–water partition coefficient (Wildman–Crippen LogP) is 4.37. The van der Waals surface area contributed by atoms with Crippen molar-refractivity contribution in [1.82, 2.24) is 34.5 Å². The highest BCUT2D eigenvalue weighted by atomic mass is 32.2. The number of likely N-dealkylation sites (N-methyl/N-ethyl adjacent to an activating group) is 2. The first-order valence-electron chi connectivity index (χ1n) is 27.8. The summed E-state index contributed by atoms with van der Waals surface area (Å²) in [7, 11) is 2.69. The van der Waals surface area contributed by atoms with Crippen LogP contribution in [0.2, 0.25) is 0 Å². The second-order valence-corrected chi connectivity index (χ2v) is 25.2. The highest BCUT2D eigenvalue weighted by Crippen LogP contribution is 2.42. The first-order valence-corrected chi connectivity index (χ1v) is 29.3. The fourth-order valence-corrected chi connectivity index (χ4v) is 13.2. The lowest BCUT2D eigenvalue weighted by Gasteiger charge is -2.48. The number of aliphatic hydroxyl groups is 4. The van der Waals surface area contributed by atoms with Crippen molar-refractivity contribution in [2.24, 2.45) is 11.8 Å². The van der Waals surface area contributed by atoms with E-state index in [0.717, 1.165) is 0 Å². The van der Waals surface area contributed by atoms with Gasteiger partial charge in [0.1, 0.15) is 42.7 Å². The number of carbonyl (C=O) groups excluding carboxylic acids is 1. The van der Waals surface area contributed by atoms with Crippen LogP contribution < -0.4 is 4.72 Å². The van der Waals surface area contributed by atoms with E-state index in [-0.39, 0.29) is 49.4 Å². The zero-order chi connectivity index (χ0) is 57.9. The molecular formula is C56H88FN7O14S. The summed E-state index contributed by atoms with van der Waals surface area (Å²) in [5.41, 5.74) is -2.59. The molecule has 79 heavy (non-hydrogen) atoms. The van der Waals surface area contributed by atoms with Crippen LogP contribution in [0.3, 0.4) is 0 Å². The van der Waals surface area contributed by atoms with Crippen LogP contribution in [0.4, 0.5) is 4.39 Å². The van der Waals surface area contributed by atoms with E-state index in [9.17, 15) is 38.0 Å². The number of aromatic nitrogens is 4. The normalized spacial score (nSPS) is 40.1. The number of nitrogens with zero attached hydrogens (tertiary/aromatic N) is 6. The lowest BCUT2D eigenvalue weighted by molar-refractivity contribution is -0.308. The van der Waals surface area contributed by atoms with Crippen LogP contribution in [0.25, 0.3) is 0 Å². The number of rotatable bonds is 6. The number of benzene rings is 1. The number of hydrogen-bond donors (Lipinski definition) is 5. The summed E-state index contributed by atoms with van der Waals surface area (Å²) in [6.07, 6.45) is -4.73. The van der Waals surface area contributed by atoms with Gasteiger partial charge in [-0.15, -0.1) is 5.10 Å². The number of nitrogens with one attached hydrogen (secondary N) is 1. The topological polar surface area (TPSA) is 259 Å². The molecule has 0 amide bonds. The molecular weight excluding hydrogens is 1050 g/mol.